The summed E-state index contributed by atoms with van der Waals surface area (Å²) in [6, 6.07) is 3.10. The van der Waals surface area contributed by atoms with E-state index >= 15 is 0 Å². The van der Waals surface area contributed by atoms with Crippen molar-refractivity contribution in [3.05, 3.63) is 17.7 Å². The predicted octanol–water partition coefficient (Wildman–Crippen LogP) is 0.856. The molecular weight excluding hydrogens is 334 g/mol. The molecule has 0 heterocycles. The van der Waals surface area contributed by atoms with Crippen LogP contribution in [0, 0.1) is 0 Å². The van der Waals surface area contributed by atoms with E-state index in [1.165, 1.54) is 27.4 Å². The average molecular weight is 357 g/mol. The quantitative estimate of drug-likeness (QED) is 0.489. The summed E-state index contributed by atoms with van der Waals surface area (Å²) in [7, 11) is 6.05. The van der Waals surface area contributed by atoms with Crippen molar-refractivity contribution >= 4 is 23.2 Å². The number of hydrogen-bond acceptors (Lipinski definition) is 6. The third kappa shape index (κ3) is 5.43. The number of hydrazine groups is 1. The highest BCUT2D eigenvalue weighted by molar-refractivity contribution is 7.80. The second-order valence-corrected chi connectivity index (χ2v) is 5.22. The summed E-state index contributed by atoms with van der Waals surface area (Å²) in [5.74, 6) is 0.789. The summed E-state index contributed by atoms with van der Waals surface area (Å²) in [4.78, 5) is 12.3. The Morgan fingerprint density at radius 1 is 1.04 bits per heavy atom. The maximum Gasteiger partial charge on any atom is 0.273 e. The molecule has 0 spiro atoms. The third-order valence-corrected chi connectivity index (χ3v) is 3.25. The fraction of sp³-hybridized carbons (Fsp3) is 0.467. The molecule has 0 aliphatic rings. The predicted molar refractivity (Wildman–Crippen MR) is 93.8 cm³/mol. The molecule has 1 amide bonds. The molecule has 0 radical (unpaired) electrons. The largest absolute Gasteiger partial charge is 0.496 e. The number of ether oxygens (including phenoxy) is 4. The Bertz CT molecular complexity index is 582. The molecule has 3 N–H and O–H groups in total. The summed E-state index contributed by atoms with van der Waals surface area (Å²) < 4.78 is 20.6. The van der Waals surface area contributed by atoms with E-state index in [9.17, 15) is 4.79 Å². The number of methoxy groups -OCH3 is 4. The Labute approximate surface area is 146 Å². The molecule has 24 heavy (non-hydrogen) atoms. The molecule has 1 aromatic rings. The lowest BCUT2D eigenvalue weighted by Crippen LogP contribution is -2.50. The molecule has 0 fully saturated rings. The lowest BCUT2D eigenvalue weighted by atomic mass is 10.1. The molecule has 0 saturated carbocycles. The highest BCUT2D eigenvalue weighted by Crippen LogP contribution is 2.34. The van der Waals surface area contributed by atoms with Crippen LogP contribution in [0.5, 0.6) is 17.2 Å². The van der Waals surface area contributed by atoms with Crippen molar-refractivity contribution < 1.29 is 23.7 Å². The minimum atomic E-state index is -0.434. The van der Waals surface area contributed by atoms with Crippen LogP contribution in [0.4, 0.5) is 0 Å². The van der Waals surface area contributed by atoms with Gasteiger partial charge in [-0.25, -0.2) is 0 Å². The highest BCUT2D eigenvalue weighted by Gasteiger charge is 2.18. The van der Waals surface area contributed by atoms with Crippen molar-refractivity contribution in [1.29, 1.82) is 0 Å². The van der Waals surface area contributed by atoms with E-state index in [2.05, 4.69) is 16.2 Å². The Balaban J connectivity index is 2.78. The second-order valence-electron chi connectivity index (χ2n) is 4.82. The SMILES string of the molecule is COC[C@H](C)NC(=S)NNC(=O)c1cc(OC)c(OC)cc1OC. The van der Waals surface area contributed by atoms with Crippen molar-refractivity contribution in [2.24, 2.45) is 0 Å². The van der Waals surface area contributed by atoms with E-state index in [1.54, 1.807) is 13.2 Å². The molecule has 134 valence electrons. The fourth-order valence-electron chi connectivity index (χ4n) is 1.94. The molecular formula is C15H23N3O5S. The molecule has 1 rings (SSSR count). The van der Waals surface area contributed by atoms with Gasteiger partial charge in [0, 0.05) is 25.3 Å². The minimum absolute atomic E-state index is 0.00233. The topological polar surface area (TPSA) is 90.1 Å². The van der Waals surface area contributed by atoms with E-state index in [0.717, 1.165) is 0 Å². The average Bonchev–Trinajstić information content (AvgIpc) is 2.58. The molecule has 0 aromatic heterocycles. The van der Waals surface area contributed by atoms with Gasteiger partial charge < -0.3 is 24.3 Å². The van der Waals surface area contributed by atoms with Crippen LogP contribution in [-0.2, 0) is 4.74 Å². The van der Waals surface area contributed by atoms with Gasteiger partial charge in [-0.05, 0) is 19.1 Å². The van der Waals surface area contributed by atoms with Crippen LogP contribution in [0.25, 0.3) is 0 Å². The Kier molecular flexibility index (Phi) is 8.07. The van der Waals surface area contributed by atoms with Crippen molar-refractivity contribution in [3.8, 4) is 17.2 Å². The minimum Gasteiger partial charge on any atom is -0.496 e. The zero-order valence-corrected chi connectivity index (χ0v) is 15.2. The summed E-state index contributed by atoms with van der Waals surface area (Å²) in [6.07, 6.45) is 0. The molecule has 9 heteroatoms. The van der Waals surface area contributed by atoms with Crippen LogP contribution in [0.2, 0.25) is 0 Å². The van der Waals surface area contributed by atoms with Crippen molar-refractivity contribution in [2.45, 2.75) is 13.0 Å². The molecule has 0 aliphatic heterocycles. The molecule has 0 bridgehead atoms. The van der Waals surface area contributed by atoms with Gasteiger partial charge in [-0.3, -0.25) is 15.6 Å². The summed E-state index contributed by atoms with van der Waals surface area (Å²) in [5, 5.41) is 3.23. The van der Waals surface area contributed by atoms with Crippen molar-refractivity contribution in [3.63, 3.8) is 0 Å². The molecule has 0 saturated heterocycles. The van der Waals surface area contributed by atoms with E-state index in [4.69, 9.17) is 31.2 Å². The van der Waals surface area contributed by atoms with Crippen molar-refractivity contribution in [2.75, 3.05) is 35.0 Å². The maximum atomic E-state index is 12.3. The summed E-state index contributed by atoms with van der Waals surface area (Å²) in [5.41, 5.74) is 5.40. The van der Waals surface area contributed by atoms with Crippen LogP contribution in [0.1, 0.15) is 17.3 Å². The maximum absolute atomic E-state index is 12.3. The summed E-state index contributed by atoms with van der Waals surface area (Å²) in [6.45, 7) is 2.38. The van der Waals surface area contributed by atoms with Crippen molar-refractivity contribution in [1.82, 2.24) is 16.2 Å². The third-order valence-electron chi connectivity index (χ3n) is 3.03. The first kappa shape index (κ1) is 19.8. The van der Waals surface area contributed by atoms with Gasteiger partial charge in [-0.1, -0.05) is 0 Å². The molecule has 0 unspecified atom stereocenters. The van der Waals surface area contributed by atoms with Gasteiger partial charge in [0.15, 0.2) is 16.6 Å². The lowest BCUT2D eigenvalue weighted by Gasteiger charge is -2.17. The highest BCUT2D eigenvalue weighted by atomic mass is 32.1. The normalized spacial score (nSPS) is 11.2. The van der Waals surface area contributed by atoms with Crippen LogP contribution < -0.4 is 30.4 Å². The van der Waals surface area contributed by atoms with Gasteiger partial charge >= 0.3 is 0 Å². The van der Waals surface area contributed by atoms with E-state index in [-0.39, 0.29) is 16.7 Å². The summed E-state index contributed by atoms with van der Waals surface area (Å²) >= 11 is 5.09. The zero-order chi connectivity index (χ0) is 18.1. The van der Waals surface area contributed by atoms with Gasteiger partial charge in [0.2, 0.25) is 0 Å². The number of benzene rings is 1. The number of thiocarbonyl (C=S) groups is 1. The number of nitrogens with one attached hydrogen (secondary N) is 3. The first-order valence-electron chi connectivity index (χ1n) is 7.12. The monoisotopic (exact) mass is 357 g/mol. The van der Waals surface area contributed by atoms with Crippen LogP contribution >= 0.6 is 12.2 Å². The first-order valence-corrected chi connectivity index (χ1v) is 7.53. The van der Waals surface area contributed by atoms with Crippen LogP contribution in [0.3, 0.4) is 0 Å². The van der Waals surface area contributed by atoms with Gasteiger partial charge in [0.25, 0.3) is 5.91 Å². The lowest BCUT2D eigenvalue weighted by molar-refractivity contribution is 0.0940. The molecule has 1 aromatic carbocycles. The number of carbonyl (C=O) groups excluding carboxylic acids is 1. The van der Waals surface area contributed by atoms with Gasteiger partial charge in [-0.2, -0.15) is 0 Å². The van der Waals surface area contributed by atoms with Crippen LogP contribution in [0.15, 0.2) is 12.1 Å². The first-order chi connectivity index (χ1) is 11.5. The van der Waals surface area contributed by atoms with Gasteiger partial charge in [-0.15, -0.1) is 0 Å². The van der Waals surface area contributed by atoms with E-state index in [0.29, 0.717) is 23.9 Å². The fourth-order valence-corrected chi connectivity index (χ4v) is 2.19. The standard InChI is InChI=1S/C15H23N3O5S/c1-9(8-20-2)16-15(24)18-17-14(19)10-6-12(22-4)13(23-5)7-11(10)21-3/h6-7,9H,8H2,1-5H3,(H,17,19)(H2,16,18,24)/t9-/m0/s1. The Morgan fingerprint density at radius 3 is 2.17 bits per heavy atom. The second kappa shape index (κ2) is 9.78. The molecule has 8 nitrogen and oxygen atoms in total. The molecule has 0 aliphatic carbocycles. The van der Waals surface area contributed by atoms with E-state index in [1.807, 2.05) is 6.92 Å². The number of hydrogen-bond donors (Lipinski definition) is 3. The van der Waals surface area contributed by atoms with Crippen LogP contribution in [-0.4, -0.2) is 52.1 Å². The van der Waals surface area contributed by atoms with E-state index < -0.39 is 5.91 Å². The Morgan fingerprint density at radius 2 is 1.62 bits per heavy atom. The van der Waals surface area contributed by atoms with Gasteiger partial charge in [0.05, 0.1) is 33.5 Å². The number of amides is 1. The zero-order valence-electron chi connectivity index (χ0n) is 14.4. The Hall–Kier alpha value is -2.26. The van der Waals surface area contributed by atoms with Gasteiger partial charge in [0.1, 0.15) is 5.75 Å². The molecule has 1 atom stereocenters. The number of carbonyl (C=O) groups is 1. The smallest absolute Gasteiger partial charge is 0.273 e. The number of rotatable bonds is 7.